The van der Waals surface area contributed by atoms with Gasteiger partial charge in [-0.05, 0) is 43.6 Å². The second kappa shape index (κ2) is 8.98. The van der Waals surface area contributed by atoms with Gasteiger partial charge in [0, 0.05) is 28.9 Å². The van der Waals surface area contributed by atoms with Gasteiger partial charge in [0.15, 0.2) is 5.82 Å². The van der Waals surface area contributed by atoms with Gasteiger partial charge < -0.3 is 15.3 Å². The highest BCUT2D eigenvalue weighted by Crippen LogP contribution is 2.38. The number of piperidine rings is 1. The number of hydrogen-bond donors (Lipinski definition) is 2. The van der Waals surface area contributed by atoms with Gasteiger partial charge in [0.1, 0.15) is 11.4 Å². The van der Waals surface area contributed by atoms with E-state index >= 15 is 0 Å². The van der Waals surface area contributed by atoms with Crippen molar-refractivity contribution in [2.45, 2.75) is 29.5 Å². The molecule has 0 spiro atoms. The summed E-state index contributed by atoms with van der Waals surface area (Å²) in [6, 6.07) is 14.1. The van der Waals surface area contributed by atoms with E-state index in [2.05, 4.69) is 65.3 Å². The molecule has 0 bridgehead atoms. The SMILES string of the molecule is CCN1CCC[C@@H](Nc2nnc(-c3ccc(C(Br)Br)cc3O)c3ccccc23)C1. The number of nitrogens with one attached hydrogen (secondary N) is 1. The minimum Gasteiger partial charge on any atom is -0.507 e. The van der Waals surface area contributed by atoms with Crippen molar-refractivity contribution in [1.82, 2.24) is 15.1 Å². The van der Waals surface area contributed by atoms with Crippen LogP contribution in [0.2, 0.25) is 0 Å². The Hall–Kier alpha value is -1.70. The first kappa shape index (κ1) is 20.6. The fourth-order valence-corrected chi connectivity index (χ4v) is 4.52. The fraction of sp³-hybridized carbons (Fsp3) is 0.364. The highest BCUT2D eigenvalue weighted by molar-refractivity contribution is 9.24. The Labute approximate surface area is 187 Å². The number of aromatic hydroxyl groups is 1. The molecule has 1 atom stereocenters. The molecule has 2 N–H and O–H groups in total. The molecule has 0 aliphatic carbocycles. The van der Waals surface area contributed by atoms with Gasteiger partial charge in [-0.15, -0.1) is 10.2 Å². The van der Waals surface area contributed by atoms with E-state index < -0.39 is 0 Å². The standard InChI is InChI=1S/C22H24Br2N4O/c1-2-28-11-5-6-15(13-28)25-22-17-8-4-3-7-16(17)20(26-27-22)18-10-9-14(21(23)24)12-19(18)29/h3-4,7-10,12,15,21,29H,2,5-6,11,13H2,1H3,(H,25,27)/t15-/m1/s1. The molecule has 4 rings (SSSR count). The van der Waals surface area contributed by atoms with Gasteiger partial charge in [-0.1, -0.05) is 69.1 Å². The Kier molecular flexibility index (Phi) is 6.37. The normalized spacial score (nSPS) is 17.7. The summed E-state index contributed by atoms with van der Waals surface area (Å²) in [5, 5.41) is 25.2. The van der Waals surface area contributed by atoms with E-state index in [1.54, 1.807) is 6.07 Å². The molecule has 152 valence electrons. The minimum absolute atomic E-state index is 0.0115. The Morgan fingerprint density at radius 3 is 2.69 bits per heavy atom. The molecule has 29 heavy (non-hydrogen) atoms. The highest BCUT2D eigenvalue weighted by atomic mass is 79.9. The summed E-state index contributed by atoms with van der Waals surface area (Å²) in [7, 11) is 0. The summed E-state index contributed by atoms with van der Waals surface area (Å²) in [6.07, 6.45) is 2.33. The predicted octanol–water partition coefficient (Wildman–Crippen LogP) is 5.69. The van der Waals surface area contributed by atoms with Crippen molar-refractivity contribution in [3.8, 4) is 17.0 Å². The largest absolute Gasteiger partial charge is 0.507 e. The number of fused-ring (bicyclic) bond motifs is 1. The van der Waals surface area contributed by atoms with E-state index in [-0.39, 0.29) is 9.49 Å². The number of nitrogens with zero attached hydrogens (tertiary/aromatic N) is 3. The second-order valence-electron chi connectivity index (χ2n) is 7.40. The Morgan fingerprint density at radius 1 is 1.17 bits per heavy atom. The number of benzene rings is 2. The molecule has 2 aromatic carbocycles. The number of aromatic nitrogens is 2. The van der Waals surface area contributed by atoms with Crippen molar-refractivity contribution in [2.24, 2.45) is 0 Å². The third kappa shape index (κ3) is 4.42. The van der Waals surface area contributed by atoms with Crippen LogP contribution in [0.4, 0.5) is 5.82 Å². The van der Waals surface area contributed by atoms with Crippen LogP contribution in [0.15, 0.2) is 42.5 Å². The lowest BCUT2D eigenvalue weighted by Crippen LogP contribution is -2.42. The quantitative estimate of drug-likeness (QED) is 0.424. The lowest BCUT2D eigenvalue weighted by molar-refractivity contribution is 0.226. The maximum Gasteiger partial charge on any atom is 0.156 e. The number of likely N-dealkylation sites (tertiary alicyclic amines) is 1. The number of anilines is 1. The molecule has 1 saturated heterocycles. The molecule has 0 saturated carbocycles. The molecular formula is C22H24Br2N4O. The lowest BCUT2D eigenvalue weighted by atomic mass is 10.0. The monoisotopic (exact) mass is 518 g/mol. The Balaban J connectivity index is 1.71. The van der Waals surface area contributed by atoms with Crippen LogP contribution in [0, 0.1) is 0 Å². The number of phenolic OH excluding ortho intramolecular Hbond substituents is 1. The van der Waals surface area contributed by atoms with E-state index in [0.717, 1.165) is 41.7 Å². The van der Waals surface area contributed by atoms with Crippen LogP contribution in [0.25, 0.3) is 22.0 Å². The Morgan fingerprint density at radius 2 is 1.97 bits per heavy atom. The second-order valence-corrected chi connectivity index (χ2v) is 10.5. The molecule has 1 fully saturated rings. The summed E-state index contributed by atoms with van der Waals surface area (Å²) >= 11 is 6.94. The zero-order valence-corrected chi connectivity index (χ0v) is 19.4. The Bertz CT molecular complexity index is 1010. The molecule has 3 aromatic rings. The van der Waals surface area contributed by atoms with Crippen molar-refractivity contribution < 1.29 is 5.11 Å². The van der Waals surface area contributed by atoms with Crippen LogP contribution in [-0.2, 0) is 0 Å². The average Bonchev–Trinajstić information content (AvgIpc) is 2.74. The highest BCUT2D eigenvalue weighted by Gasteiger charge is 2.21. The van der Waals surface area contributed by atoms with Gasteiger partial charge in [0.05, 0.1) is 3.74 Å². The minimum atomic E-state index is -0.0115. The molecule has 7 heteroatoms. The maximum absolute atomic E-state index is 10.6. The number of likely N-dealkylation sites (N-methyl/N-ethyl adjacent to an activating group) is 1. The third-order valence-corrected chi connectivity index (χ3v) is 6.57. The van der Waals surface area contributed by atoms with Crippen molar-refractivity contribution in [3.63, 3.8) is 0 Å². The predicted molar refractivity (Wildman–Crippen MR) is 126 cm³/mol. The summed E-state index contributed by atoms with van der Waals surface area (Å²) in [4.78, 5) is 2.46. The molecule has 5 nitrogen and oxygen atoms in total. The van der Waals surface area contributed by atoms with Gasteiger partial charge >= 0.3 is 0 Å². The first-order valence-electron chi connectivity index (χ1n) is 9.92. The van der Waals surface area contributed by atoms with Crippen LogP contribution in [-0.4, -0.2) is 45.9 Å². The molecule has 1 aliphatic heterocycles. The number of hydrogen-bond acceptors (Lipinski definition) is 5. The molecule has 0 amide bonds. The first-order valence-corrected chi connectivity index (χ1v) is 11.8. The maximum atomic E-state index is 10.6. The zero-order valence-electron chi connectivity index (χ0n) is 16.3. The van der Waals surface area contributed by atoms with E-state index in [4.69, 9.17) is 0 Å². The van der Waals surface area contributed by atoms with E-state index in [9.17, 15) is 5.11 Å². The molecule has 0 unspecified atom stereocenters. The van der Waals surface area contributed by atoms with Crippen LogP contribution < -0.4 is 5.32 Å². The number of alkyl halides is 2. The zero-order chi connectivity index (χ0) is 20.4. The summed E-state index contributed by atoms with van der Waals surface area (Å²) in [6.45, 7) is 5.47. The van der Waals surface area contributed by atoms with E-state index in [1.807, 2.05) is 30.3 Å². The van der Waals surface area contributed by atoms with Crippen molar-refractivity contribution in [1.29, 1.82) is 0 Å². The topological polar surface area (TPSA) is 61.3 Å². The van der Waals surface area contributed by atoms with Gasteiger partial charge in [0.25, 0.3) is 0 Å². The summed E-state index contributed by atoms with van der Waals surface area (Å²) in [5.74, 6) is 1.00. The lowest BCUT2D eigenvalue weighted by Gasteiger charge is -2.32. The summed E-state index contributed by atoms with van der Waals surface area (Å²) in [5.41, 5.74) is 2.31. The van der Waals surface area contributed by atoms with Gasteiger partial charge in [0.2, 0.25) is 0 Å². The van der Waals surface area contributed by atoms with E-state index in [0.29, 0.717) is 17.3 Å². The number of phenols is 1. The first-order chi connectivity index (χ1) is 14.1. The van der Waals surface area contributed by atoms with E-state index in [1.165, 1.54) is 13.0 Å². The molecule has 1 aromatic heterocycles. The molecule has 2 heterocycles. The van der Waals surface area contributed by atoms with Crippen molar-refractivity contribution >= 4 is 48.5 Å². The third-order valence-electron chi connectivity index (χ3n) is 5.51. The van der Waals surface area contributed by atoms with Crippen LogP contribution in [0.3, 0.4) is 0 Å². The summed E-state index contributed by atoms with van der Waals surface area (Å²) < 4.78 is -0.0115. The number of rotatable bonds is 5. The van der Waals surface area contributed by atoms with Crippen molar-refractivity contribution in [2.75, 3.05) is 25.0 Å². The van der Waals surface area contributed by atoms with Crippen LogP contribution >= 0.6 is 31.9 Å². The fourth-order valence-electron chi connectivity index (χ4n) is 3.95. The number of halogens is 2. The molecule has 0 radical (unpaired) electrons. The molecule has 1 aliphatic rings. The van der Waals surface area contributed by atoms with Crippen molar-refractivity contribution in [3.05, 3.63) is 48.0 Å². The van der Waals surface area contributed by atoms with Gasteiger partial charge in [-0.25, -0.2) is 0 Å². The van der Waals surface area contributed by atoms with Crippen LogP contribution in [0.1, 0.15) is 29.1 Å². The van der Waals surface area contributed by atoms with Gasteiger partial charge in [-0.3, -0.25) is 0 Å². The smallest absolute Gasteiger partial charge is 0.156 e. The van der Waals surface area contributed by atoms with Crippen LogP contribution in [0.5, 0.6) is 5.75 Å². The average molecular weight is 520 g/mol. The van der Waals surface area contributed by atoms with Gasteiger partial charge in [-0.2, -0.15) is 0 Å². The molecular weight excluding hydrogens is 496 g/mol.